The molecular weight excluding hydrogens is 751 g/mol. The third-order valence-electron chi connectivity index (χ3n) is 12.3. The van der Waals surface area contributed by atoms with E-state index in [-0.39, 0.29) is 18.2 Å². The molecule has 314 valence electrons. The number of benzene rings is 5. The summed E-state index contributed by atoms with van der Waals surface area (Å²) in [5.41, 5.74) is 18.1. The minimum atomic E-state index is 0.0633. The Kier molecular flexibility index (Phi) is 14.4. The van der Waals surface area contributed by atoms with E-state index in [1.165, 1.54) is 61.4 Å². The highest BCUT2D eigenvalue weighted by atomic mass is 15.4. The highest BCUT2D eigenvalue weighted by Gasteiger charge is 2.39. The van der Waals surface area contributed by atoms with E-state index in [2.05, 4.69) is 234 Å². The number of aryl methyl sites for hydroxylation is 1. The van der Waals surface area contributed by atoms with Gasteiger partial charge in [-0.2, -0.15) is 0 Å². The van der Waals surface area contributed by atoms with Gasteiger partial charge < -0.3 is 9.80 Å². The molecule has 0 saturated carbocycles. The molecule has 1 heterocycles. The number of fused-ring (bicyclic) bond motifs is 1. The molecule has 3 atom stereocenters. The standard InChI is InChI=1S/C59H63N3/c1-9-19-47(20-10-2)45(13-5)40-44(8)46-31-36-52(37-32-46)61(54-35-26-43(7)56(41-54)55(21-11-3)42(6)12-4)53-38-33-49(34-39-53)48-27-29-50(30-28-48)59-60-57-24-17-18-25-58(57)62(59)51-22-15-14-16-23-51/h11-18,21-41,57-60H,4-5,9-10,19-20H2,1-3,6-8H3/b21-11-,44-40+,55-42+. The number of rotatable bonds is 16. The fraction of sp³-hybridized carbons (Fsp3) is 0.220. The van der Waals surface area contributed by atoms with Gasteiger partial charge in [-0.25, -0.2) is 0 Å². The second kappa shape index (κ2) is 20.4. The number of hydrogen-bond donors (Lipinski definition) is 1. The van der Waals surface area contributed by atoms with Crippen LogP contribution < -0.4 is 15.1 Å². The van der Waals surface area contributed by atoms with Crippen LogP contribution in [0, 0.1) is 6.92 Å². The van der Waals surface area contributed by atoms with Crippen LogP contribution in [0.25, 0.3) is 22.3 Å². The number of nitrogens with one attached hydrogen (secondary N) is 1. The van der Waals surface area contributed by atoms with Gasteiger partial charge in [-0.1, -0.05) is 173 Å². The lowest BCUT2D eigenvalue weighted by molar-refractivity contribution is 0.610. The summed E-state index contributed by atoms with van der Waals surface area (Å²) in [6.45, 7) is 21.4. The van der Waals surface area contributed by atoms with Gasteiger partial charge in [0, 0.05) is 22.7 Å². The summed E-state index contributed by atoms with van der Waals surface area (Å²) in [5.74, 6) is 0. The Balaban J connectivity index is 1.23. The topological polar surface area (TPSA) is 18.5 Å². The molecule has 0 amide bonds. The molecule has 0 aromatic heterocycles. The number of anilines is 4. The van der Waals surface area contributed by atoms with Gasteiger partial charge in [0.25, 0.3) is 0 Å². The smallest absolute Gasteiger partial charge is 0.107 e. The van der Waals surface area contributed by atoms with Crippen LogP contribution in [0.15, 0.2) is 206 Å². The highest BCUT2D eigenvalue weighted by molar-refractivity contribution is 5.85. The summed E-state index contributed by atoms with van der Waals surface area (Å²) in [4.78, 5) is 4.88. The number of nitrogens with zero attached hydrogens (tertiary/aromatic N) is 2. The molecule has 5 aromatic rings. The maximum absolute atomic E-state index is 4.19. The Bertz CT molecular complexity index is 2520. The van der Waals surface area contributed by atoms with Crippen molar-refractivity contribution in [3.8, 4) is 11.1 Å². The lowest BCUT2D eigenvalue weighted by Crippen LogP contribution is -2.34. The van der Waals surface area contributed by atoms with Crippen LogP contribution in [0.3, 0.4) is 0 Å². The number of hydrogen-bond acceptors (Lipinski definition) is 3. The molecule has 1 N–H and O–H groups in total. The van der Waals surface area contributed by atoms with Gasteiger partial charge in [-0.3, -0.25) is 5.32 Å². The van der Waals surface area contributed by atoms with Crippen LogP contribution in [-0.2, 0) is 0 Å². The van der Waals surface area contributed by atoms with Crippen molar-refractivity contribution < 1.29 is 0 Å². The van der Waals surface area contributed by atoms with Crippen molar-refractivity contribution in [1.82, 2.24) is 5.32 Å². The van der Waals surface area contributed by atoms with Gasteiger partial charge in [0.05, 0.1) is 12.1 Å². The molecule has 3 heteroatoms. The Morgan fingerprint density at radius 1 is 0.726 bits per heavy atom. The molecule has 2 aliphatic rings. The van der Waals surface area contributed by atoms with Crippen molar-refractivity contribution in [1.29, 1.82) is 0 Å². The quantitative estimate of drug-likeness (QED) is 0.100. The van der Waals surface area contributed by atoms with Crippen molar-refractivity contribution in [3.63, 3.8) is 0 Å². The van der Waals surface area contributed by atoms with E-state index < -0.39 is 0 Å². The fourth-order valence-corrected chi connectivity index (χ4v) is 9.00. The van der Waals surface area contributed by atoms with Crippen LogP contribution in [0.2, 0.25) is 0 Å². The lowest BCUT2D eigenvalue weighted by atomic mass is 9.94. The minimum absolute atomic E-state index is 0.0633. The van der Waals surface area contributed by atoms with E-state index in [1.54, 1.807) is 0 Å². The predicted molar refractivity (Wildman–Crippen MR) is 270 cm³/mol. The monoisotopic (exact) mass is 814 g/mol. The molecule has 3 unspecified atom stereocenters. The molecule has 5 aromatic carbocycles. The van der Waals surface area contributed by atoms with E-state index >= 15 is 0 Å². The van der Waals surface area contributed by atoms with Gasteiger partial charge in [-0.05, 0) is 145 Å². The van der Waals surface area contributed by atoms with Gasteiger partial charge >= 0.3 is 0 Å². The SMILES string of the molecule is C=CC(/C=C(\C)c1ccc(N(c2ccc(-c3ccc(C4NC5C=CC=CC5N4c4ccccc4)cc3)cc2)c2ccc(C)c(C(/C=C\C)=C(\C)C=C)c2)cc1)=C(CCC)CCC. The zero-order valence-electron chi connectivity index (χ0n) is 37.6. The Morgan fingerprint density at radius 3 is 1.95 bits per heavy atom. The van der Waals surface area contributed by atoms with Crippen molar-refractivity contribution in [2.45, 2.75) is 85.5 Å². The molecular formula is C59H63N3. The maximum Gasteiger partial charge on any atom is 0.107 e. The first-order valence-corrected chi connectivity index (χ1v) is 22.4. The molecule has 0 radical (unpaired) electrons. The highest BCUT2D eigenvalue weighted by Crippen LogP contribution is 2.40. The third kappa shape index (κ3) is 9.54. The first-order valence-electron chi connectivity index (χ1n) is 22.4. The second-order valence-corrected chi connectivity index (χ2v) is 16.5. The van der Waals surface area contributed by atoms with Gasteiger partial charge in [-0.15, -0.1) is 0 Å². The molecule has 62 heavy (non-hydrogen) atoms. The van der Waals surface area contributed by atoms with E-state index in [9.17, 15) is 0 Å². The van der Waals surface area contributed by atoms with Gasteiger partial charge in [0.1, 0.15) is 6.17 Å². The Morgan fingerprint density at radius 2 is 1.34 bits per heavy atom. The van der Waals surface area contributed by atoms with Crippen LogP contribution in [0.4, 0.5) is 22.7 Å². The van der Waals surface area contributed by atoms with E-state index in [0.717, 1.165) is 48.3 Å². The molecule has 1 aliphatic heterocycles. The third-order valence-corrected chi connectivity index (χ3v) is 12.3. The first kappa shape index (κ1) is 43.7. The summed E-state index contributed by atoms with van der Waals surface area (Å²) in [6.07, 6.45) is 24.1. The Hall–Kier alpha value is -6.42. The maximum atomic E-state index is 4.19. The van der Waals surface area contributed by atoms with Crippen molar-refractivity contribution in [3.05, 3.63) is 228 Å². The average molecular weight is 814 g/mol. The van der Waals surface area contributed by atoms with E-state index in [0.29, 0.717) is 0 Å². The summed E-state index contributed by atoms with van der Waals surface area (Å²) in [7, 11) is 0. The van der Waals surface area contributed by atoms with Crippen LogP contribution in [0.1, 0.15) is 88.7 Å². The van der Waals surface area contributed by atoms with Crippen LogP contribution in [-0.4, -0.2) is 12.1 Å². The zero-order valence-corrected chi connectivity index (χ0v) is 37.6. The lowest BCUT2D eigenvalue weighted by Gasteiger charge is -2.31. The average Bonchev–Trinajstić information content (AvgIpc) is 3.71. The molecule has 1 fully saturated rings. The molecule has 0 spiro atoms. The van der Waals surface area contributed by atoms with Crippen molar-refractivity contribution in [2.24, 2.45) is 0 Å². The van der Waals surface area contributed by atoms with Crippen molar-refractivity contribution in [2.75, 3.05) is 9.80 Å². The molecule has 1 aliphatic carbocycles. The fourth-order valence-electron chi connectivity index (χ4n) is 9.00. The van der Waals surface area contributed by atoms with E-state index in [4.69, 9.17) is 0 Å². The summed E-state index contributed by atoms with van der Waals surface area (Å²) < 4.78 is 0. The van der Waals surface area contributed by atoms with E-state index in [1.807, 2.05) is 12.2 Å². The first-order chi connectivity index (χ1) is 30.3. The van der Waals surface area contributed by atoms with Gasteiger partial charge in [0.15, 0.2) is 0 Å². The van der Waals surface area contributed by atoms with Crippen LogP contribution in [0.5, 0.6) is 0 Å². The molecule has 3 nitrogen and oxygen atoms in total. The predicted octanol–water partition coefficient (Wildman–Crippen LogP) is 16.1. The largest absolute Gasteiger partial charge is 0.343 e. The van der Waals surface area contributed by atoms with Crippen LogP contribution >= 0.6 is 0 Å². The number of para-hydroxylation sites is 1. The second-order valence-electron chi connectivity index (χ2n) is 16.5. The molecule has 1 saturated heterocycles. The molecule has 7 rings (SSSR count). The number of allylic oxidation sites excluding steroid dienone is 12. The normalized spacial score (nSPS) is 17.5. The molecule has 0 bridgehead atoms. The zero-order chi connectivity index (χ0) is 43.6. The summed E-state index contributed by atoms with van der Waals surface area (Å²) in [6, 6.07) is 45.2. The summed E-state index contributed by atoms with van der Waals surface area (Å²) >= 11 is 0. The van der Waals surface area contributed by atoms with Crippen molar-refractivity contribution >= 4 is 33.9 Å². The van der Waals surface area contributed by atoms with Gasteiger partial charge in [0.2, 0.25) is 0 Å². The minimum Gasteiger partial charge on any atom is -0.343 e. The summed E-state index contributed by atoms with van der Waals surface area (Å²) in [5, 5.41) is 3.89. The Labute approximate surface area is 372 Å².